The molecule has 0 aliphatic rings. The first-order chi connectivity index (χ1) is 8.16. The number of hydrogen-bond acceptors (Lipinski definition) is 3. The van der Waals surface area contributed by atoms with E-state index in [4.69, 9.17) is 5.73 Å². The molecule has 1 aromatic heterocycles. The standard InChI is InChI=1S/C12H11F2N3/c13-9-4-3-8(6-10(9)14)7-17-11-2-1-5-16-12(11)15/h1-6,17H,7H2,(H2,15,16). The monoisotopic (exact) mass is 235 g/mol. The third-order valence-electron chi connectivity index (χ3n) is 2.31. The van der Waals surface area contributed by atoms with Crippen LogP contribution in [-0.4, -0.2) is 4.98 Å². The van der Waals surface area contributed by atoms with E-state index < -0.39 is 11.6 Å². The van der Waals surface area contributed by atoms with E-state index in [9.17, 15) is 8.78 Å². The molecular formula is C12H11F2N3. The molecule has 2 rings (SSSR count). The normalized spacial score (nSPS) is 10.2. The molecule has 0 spiro atoms. The van der Waals surface area contributed by atoms with E-state index in [1.54, 1.807) is 18.3 Å². The Balaban J connectivity index is 2.08. The van der Waals surface area contributed by atoms with Crippen LogP contribution in [0.4, 0.5) is 20.3 Å². The number of anilines is 2. The SMILES string of the molecule is Nc1ncccc1NCc1ccc(F)c(F)c1. The molecule has 88 valence electrons. The lowest BCUT2D eigenvalue weighted by Crippen LogP contribution is -2.04. The van der Waals surface area contributed by atoms with Gasteiger partial charge in [0.2, 0.25) is 0 Å². The fourth-order valence-electron chi connectivity index (χ4n) is 1.41. The molecule has 17 heavy (non-hydrogen) atoms. The Morgan fingerprint density at radius 1 is 1.18 bits per heavy atom. The van der Waals surface area contributed by atoms with Gasteiger partial charge in [-0.15, -0.1) is 0 Å². The number of nitrogens with one attached hydrogen (secondary N) is 1. The number of nitrogens with two attached hydrogens (primary N) is 1. The average Bonchev–Trinajstić information content (AvgIpc) is 2.32. The Morgan fingerprint density at radius 2 is 2.00 bits per heavy atom. The maximum Gasteiger partial charge on any atom is 0.159 e. The highest BCUT2D eigenvalue weighted by Crippen LogP contribution is 2.16. The van der Waals surface area contributed by atoms with Gasteiger partial charge in [-0.2, -0.15) is 0 Å². The summed E-state index contributed by atoms with van der Waals surface area (Å²) in [5.41, 5.74) is 6.93. The van der Waals surface area contributed by atoms with E-state index in [0.717, 1.165) is 12.1 Å². The van der Waals surface area contributed by atoms with Crippen LogP contribution in [0.15, 0.2) is 36.5 Å². The van der Waals surface area contributed by atoms with Gasteiger partial charge >= 0.3 is 0 Å². The Kier molecular flexibility index (Phi) is 3.18. The Morgan fingerprint density at radius 3 is 2.71 bits per heavy atom. The molecule has 0 radical (unpaired) electrons. The van der Waals surface area contributed by atoms with Gasteiger partial charge in [0, 0.05) is 12.7 Å². The van der Waals surface area contributed by atoms with Crippen LogP contribution in [0.5, 0.6) is 0 Å². The van der Waals surface area contributed by atoms with Gasteiger partial charge < -0.3 is 11.1 Å². The van der Waals surface area contributed by atoms with Gasteiger partial charge in [0.25, 0.3) is 0 Å². The Labute approximate surface area is 97.3 Å². The molecule has 0 atom stereocenters. The van der Waals surface area contributed by atoms with Gasteiger partial charge in [-0.05, 0) is 29.8 Å². The van der Waals surface area contributed by atoms with Gasteiger partial charge in [-0.3, -0.25) is 0 Å². The number of nitrogens with zero attached hydrogens (tertiary/aromatic N) is 1. The highest BCUT2D eigenvalue weighted by atomic mass is 19.2. The molecule has 0 aliphatic carbocycles. The number of rotatable bonds is 3. The second kappa shape index (κ2) is 4.78. The molecule has 3 N–H and O–H groups in total. The van der Waals surface area contributed by atoms with Crippen molar-refractivity contribution in [1.82, 2.24) is 4.98 Å². The smallest absolute Gasteiger partial charge is 0.159 e. The quantitative estimate of drug-likeness (QED) is 0.859. The highest BCUT2D eigenvalue weighted by Gasteiger charge is 2.03. The third kappa shape index (κ3) is 2.69. The highest BCUT2D eigenvalue weighted by molar-refractivity contribution is 5.60. The van der Waals surface area contributed by atoms with Crippen LogP contribution >= 0.6 is 0 Å². The maximum atomic E-state index is 12.9. The summed E-state index contributed by atoms with van der Waals surface area (Å²) >= 11 is 0. The van der Waals surface area contributed by atoms with E-state index in [-0.39, 0.29) is 0 Å². The molecule has 1 aromatic carbocycles. The minimum Gasteiger partial charge on any atom is -0.382 e. The minimum absolute atomic E-state index is 0.354. The molecule has 0 bridgehead atoms. The van der Waals surface area contributed by atoms with Crippen LogP contribution in [0.25, 0.3) is 0 Å². The molecule has 3 nitrogen and oxygen atoms in total. The topological polar surface area (TPSA) is 50.9 Å². The first-order valence-electron chi connectivity index (χ1n) is 5.05. The second-order valence-electron chi connectivity index (χ2n) is 3.54. The fraction of sp³-hybridized carbons (Fsp3) is 0.0833. The van der Waals surface area contributed by atoms with Crippen LogP contribution in [0.3, 0.4) is 0 Å². The largest absolute Gasteiger partial charge is 0.382 e. The zero-order valence-corrected chi connectivity index (χ0v) is 8.95. The van der Waals surface area contributed by atoms with Crippen LogP contribution < -0.4 is 11.1 Å². The first kappa shape index (κ1) is 11.3. The molecule has 0 unspecified atom stereocenters. The minimum atomic E-state index is -0.858. The summed E-state index contributed by atoms with van der Waals surface area (Å²) in [7, 11) is 0. The van der Waals surface area contributed by atoms with Crippen molar-refractivity contribution in [2.75, 3.05) is 11.1 Å². The summed E-state index contributed by atoms with van der Waals surface area (Å²) in [6.07, 6.45) is 1.58. The van der Waals surface area contributed by atoms with E-state index >= 15 is 0 Å². The van der Waals surface area contributed by atoms with Crippen molar-refractivity contribution in [3.63, 3.8) is 0 Å². The number of pyridine rings is 1. The van der Waals surface area contributed by atoms with Crippen LogP contribution in [0.2, 0.25) is 0 Å². The summed E-state index contributed by atoms with van der Waals surface area (Å²) in [6.45, 7) is 0.354. The van der Waals surface area contributed by atoms with E-state index in [2.05, 4.69) is 10.3 Å². The van der Waals surface area contributed by atoms with Gasteiger partial charge in [0.05, 0.1) is 5.69 Å². The number of hydrogen-bond donors (Lipinski definition) is 2. The molecule has 0 amide bonds. The lowest BCUT2D eigenvalue weighted by molar-refractivity contribution is 0.507. The van der Waals surface area contributed by atoms with Crippen molar-refractivity contribution >= 4 is 11.5 Å². The average molecular weight is 235 g/mol. The number of halogens is 2. The zero-order chi connectivity index (χ0) is 12.3. The van der Waals surface area contributed by atoms with Crippen molar-refractivity contribution in [3.05, 3.63) is 53.7 Å². The van der Waals surface area contributed by atoms with E-state index in [1.807, 2.05) is 0 Å². The van der Waals surface area contributed by atoms with Gasteiger partial charge in [0.15, 0.2) is 11.6 Å². The van der Waals surface area contributed by atoms with Crippen molar-refractivity contribution in [2.45, 2.75) is 6.54 Å². The third-order valence-corrected chi connectivity index (χ3v) is 2.31. The zero-order valence-electron chi connectivity index (χ0n) is 8.95. The van der Waals surface area contributed by atoms with Crippen molar-refractivity contribution < 1.29 is 8.78 Å². The summed E-state index contributed by atoms with van der Waals surface area (Å²) in [4.78, 5) is 3.90. The maximum absolute atomic E-state index is 12.9. The number of aromatic nitrogens is 1. The summed E-state index contributed by atoms with van der Waals surface area (Å²) in [5, 5.41) is 3.00. The predicted molar refractivity (Wildman–Crippen MR) is 62.3 cm³/mol. The van der Waals surface area contributed by atoms with Gasteiger partial charge in [-0.1, -0.05) is 6.07 Å². The van der Waals surface area contributed by atoms with Crippen LogP contribution in [-0.2, 0) is 6.54 Å². The first-order valence-corrected chi connectivity index (χ1v) is 5.05. The van der Waals surface area contributed by atoms with E-state index in [1.165, 1.54) is 6.07 Å². The molecule has 2 aromatic rings. The van der Waals surface area contributed by atoms with Gasteiger partial charge in [0.1, 0.15) is 5.82 Å². The summed E-state index contributed by atoms with van der Waals surface area (Å²) in [6, 6.07) is 7.26. The molecule has 0 saturated heterocycles. The summed E-state index contributed by atoms with van der Waals surface area (Å²) in [5.74, 6) is -1.34. The van der Waals surface area contributed by atoms with Crippen LogP contribution in [0.1, 0.15) is 5.56 Å². The van der Waals surface area contributed by atoms with Crippen molar-refractivity contribution in [1.29, 1.82) is 0 Å². The number of benzene rings is 1. The Hall–Kier alpha value is -2.17. The molecule has 0 fully saturated rings. The van der Waals surface area contributed by atoms with Crippen LogP contribution in [0, 0.1) is 11.6 Å². The molecule has 0 aliphatic heterocycles. The number of nitrogen functional groups attached to an aromatic ring is 1. The van der Waals surface area contributed by atoms with Gasteiger partial charge in [-0.25, -0.2) is 13.8 Å². The molecule has 0 saturated carbocycles. The summed E-state index contributed by atoms with van der Waals surface area (Å²) < 4.78 is 25.6. The fourth-order valence-corrected chi connectivity index (χ4v) is 1.41. The lowest BCUT2D eigenvalue weighted by Gasteiger charge is -2.08. The Bertz CT molecular complexity index is 529. The van der Waals surface area contributed by atoms with Crippen molar-refractivity contribution in [3.8, 4) is 0 Å². The second-order valence-corrected chi connectivity index (χ2v) is 3.54. The molecular weight excluding hydrogens is 224 g/mol. The lowest BCUT2D eigenvalue weighted by atomic mass is 10.2. The molecule has 5 heteroatoms. The molecule has 1 heterocycles. The predicted octanol–water partition coefficient (Wildman–Crippen LogP) is 2.55. The van der Waals surface area contributed by atoms with E-state index in [0.29, 0.717) is 23.6 Å². The van der Waals surface area contributed by atoms with Crippen molar-refractivity contribution in [2.24, 2.45) is 0 Å².